The Labute approximate surface area is 149 Å². The van der Waals surface area contributed by atoms with E-state index in [1.54, 1.807) is 12.1 Å². The largest absolute Gasteiger partial charge is 0.483 e. The number of hydrogen-bond donors (Lipinski definition) is 1. The van der Waals surface area contributed by atoms with Gasteiger partial charge in [-0.3, -0.25) is 4.79 Å². The molecular weight excluding hydrogens is 380 g/mol. The van der Waals surface area contributed by atoms with Gasteiger partial charge in [0.25, 0.3) is 5.91 Å². The number of nitrogens with zero attached hydrogens (tertiary/aromatic N) is 1. The summed E-state index contributed by atoms with van der Waals surface area (Å²) in [6, 6.07) is 9.23. The fourth-order valence-electron chi connectivity index (χ4n) is 1.97. The number of rotatable bonds is 6. The molecular formula is C17H18BrClN2O2. The van der Waals surface area contributed by atoms with Crippen LogP contribution in [0.3, 0.4) is 0 Å². The van der Waals surface area contributed by atoms with Crippen LogP contribution in [0.2, 0.25) is 5.15 Å². The van der Waals surface area contributed by atoms with Gasteiger partial charge in [-0.2, -0.15) is 0 Å². The van der Waals surface area contributed by atoms with Crippen LogP contribution in [0.25, 0.3) is 0 Å². The Morgan fingerprint density at radius 3 is 2.78 bits per heavy atom. The summed E-state index contributed by atoms with van der Waals surface area (Å²) in [7, 11) is 0. The molecule has 23 heavy (non-hydrogen) atoms. The molecule has 0 aliphatic carbocycles. The van der Waals surface area contributed by atoms with E-state index in [9.17, 15) is 4.79 Å². The normalized spacial score (nSPS) is 11.8. The zero-order valence-electron chi connectivity index (χ0n) is 13.0. The van der Waals surface area contributed by atoms with Gasteiger partial charge in [0.05, 0.1) is 16.4 Å². The molecule has 122 valence electrons. The van der Waals surface area contributed by atoms with Crippen molar-refractivity contribution in [3.05, 3.63) is 51.7 Å². The smallest absolute Gasteiger partial charge is 0.262 e. The minimum absolute atomic E-state index is 0.0795. The van der Waals surface area contributed by atoms with Crippen LogP contribution >= 0.6 is 27.5 Å². The summed E-state index contributed by atoms with van der Waals surface area (Å²) in [6.07, 6.45) is 2.57. The molecule has 1 N–H and O–H groups in total. The Balaban J connectivity index is 1.92. The van der Waals surface area contributed by atoms with E-state index in [0.717, 1.165) is 10.9 Å². The van der Waals surface area contributed by atoms with Crippen molar-refractivity contribution in [1.29, 1.82) is 0 Å². The lowest BCUT2D eigenvalue weighted by atomic mass is 9.99. The quantitative estimate of drug-likeness (QED) is 0.696. The second-order valence-electron chi connectivity index (χ2n) is 5.21. The lowest BCUT2D eigenvalue weighted by Crippen LogP contribution is -2.20. The van der Waals surface area contributed by atoms with Crippen LogP contribution in [-0.4, -0.2) is 17.5 Å². The Kier molecular flexibility index (Phi) is 6.42. The maximum absolute atomic E-state index is 11.9. The standard InChI is InChI=1S/C17H18BrClN2O2/c1-3-11(2)12-4-6-15(14(18)8-12)23-10-17(22)21-13-5-7-16(19)20-9-13/h4-9,11H,3,10H2,1-2H3,(H,21,22). The average molecular weight is 398 g/mol. The van der Waals surface area contributed by atoms with E-state index in [-0.39, 0.29) is 12.5 Å². The van der Waals surface area contributed by atoms with Gasteiger partial charge >= 0.3 is 0 Å². The summed E-state index contributed by atoms with van der Waals surface area (Å²) in [6.45, 7) is 4.25. The van der Waals surface area contributed by atoms with E-state index in [4.69, 9.17) is 16.3 Å². The van der Waals surface area contributed by atoms with Crippen molar-refractivity contribution in [2.45, 2.75) is 26.2 Å². The second kappa shape index (κ2) is 8.31. The lowest BCUT2D eigenvalue weighted by Gasteiger charge is -2.13. The fourth-order valence-corrected chi connectivity index (χ4v) is 2.59. The first kappa shape index (κ1) is 17.8. The predicted molar refractivity (Wildman–Crippen MR) is 96.2 cm³/mol. The third-order valence-corrected chi connectivity index (χ3v) is 4.35. The number of halogens is 2. The van der Waals surface area contributed by atoms with Crippen LogP contribution in [0.4, 0.5) is 5.69 Å². The number of pyridine rings is 1. The third-order valence-electron chi connectivity index (χ3n) is 3.51. The zero-order chi connectivity index (χ0) is 16.8. The summed E-state index contributed by atoms with van der Waals surface area (Å²) in [5.74, 6) is 0.870. The number of carbonyl (C=O) groups excluding carboxylic acids is 1. The molecule has 0 spiro atoms. The van der Waals surface area contributed by atoms with Crippen LogP contribution in [0.5, 0.6) is 5.75 Å². The summed E-state index contributed by atoms with van der Waals surface area (Å²) >= 11 is 9.19. The highest BCUT2D eigenvalue weighted by Crippen LogP contribution is 2.30. The van der Waals surface area contributed by atoms with E-state index >= 15 is 0 Å². The van der Waals surface area contributed by atoms with Crippen molar-refractivity contribution < 1.29 is 9.53 Å². The Hall–Kier alpha value is -1.59. The van der Waals surface area contributed by atoms with Crippen molar-refractivity contribution >= 4 is 39.1 Å². The van der Waals surface area contributed by atoms with Gasteiger partial charge in [0, 0.05) is 0 Å². The molecule has 0 fully saturated rings. The lowest BCUT2D eigenvalue weighted by molar-refractivity contribution is -0.118. The van der Waals surface area contributed by atoms with Gasteiger partial charge in [0.15, 0.2) is 6.61 Å². The first-order valence-corrected chi connectivity index (χ1v) is 8.50. The van der Waals surface area contributed by atoms with Crippen molar-refractivity contribution in [2.24, 2.45) is 0 Å². The molecule has 0 saturated heterocycles. The van der Waals surface area contributed by atoms with Crippen LogP contribution in [-0.2, 0) is 4.79 Å². The maximum Gasteiger partial charge on any atom is 0.262 e. The molecule has 0 saturated carbocycles. The Morgan fingerprint density at radius 1 is 1.39 bits per heavy atom. The summed E-state index contributed by atoms with van der Waals surface area (Å²) in [4.78, 5) is 15.8. The van der Waals surface area contributed by atoms with Crippen molar-refractivity contribution in [3.63, 3.8) is 0 Å². The van der Waals surface area contributed by atoms with Gasteiger partial charge in [-0.25, -0.2) is 4.98 Å². The number of anilines is 1. The molecule has 1 heterocycles. The van der Waals surface area contributed by atoms with Crippen LogP contribution in [0, 0.1) is 0 Å². The van der Waals surface area contributed by atoms with Gasteiger partial charge in [-0.15, -0.1) is 0 Å². The summed E-state index contributed by atoms with van der Waals surface area (Å²) in [5, 5.41) is 3.08. The fraction of sp³-hybridized carbons (Fsp3) is 0.294. The number of ether oxygens (including phenoxy) is 1. The van der Waals surface area contributed by atoms with Crippen molar-refractivity contribution in [3.8, 4) is 5.75 Å². The van der Waals surface area contributed by atoms with E-state index < -0.39 is 0 Å². The molecule has 0 aliphatic rings. The molecule has 1 amide bonds. The molecule has 0 radical (unpaired) electrons. The number of hydrogen-bond acceptors (Lipinski definition) is 3. The van der Waals surface area contributed by atoms with Crippen molar-refractivity contribution in [2.75, 3.05) is 11.9 Å². The molecule has 6 heteroatoms. The molecule has 0 bridgehead atoms. The van der Waals surface area contributed by atoms with Gasteiger partial charge in [0.2, 0.25) is 0 Å². The topological polar surface area (TPSA) is 51.2 Å². The first-order valence-electron chi connectivity index (χ1n) is 7.33. The molecule has 2 aromatic rings. The third kappa shape index (κ3) is 5.22. The highest BCUT2D eigenvalue weighted by molar-refractivity contribution is 9.10. The SMILES string of the molecule is CCC(C)c1ccc(OCC(=O)Nc2ccc(Cl)nc2)c(Br)c1. The molecule has 1 atom stereocenters. The number of amides is 1. The molecule has 2 rings (SSSR count). The summed E-state index contributed by atoms with van der Waals surface area (Å²) < 4.78 is 6.40. The molecule has 1 aromatic carbocycles. The van der Waals surface area contributed by atoms with Gasteiger partial charge in [-0.05, 0) is 58.1 Å². The Morgan fingerprint density at radius 2 is 2.17 bits per heavy atom. The highest BCUT2D eigenvalue weighted by Gasteiger charge is 2.09. The average Bonchev–Trinajstić information content (AvgIpc) is 2.55. The monoisotopic (exact) mass is 396 g/mol. The second-order valence-corrected chi connectivity index (χ2v) is 6.45. The van der Waals surface area contributed by atoms with E-state index in [1.807, 2.05) is 18.2 Å². The van der Waals surface area contributed by atoms with Crippen LogP contribution in [0.1, 0.15) is 31.7 Å². The molecule has 1 unspecified atom stereocenters. The number of aromatic nitrogens is 1. The van der Waals surface area contributed by atoms with Gasteiger partial charge in [-0.1, -0.05) is 31.5 Å². The van der Waals surface area contributed by atoms with Crippen molar-refractivity contribution in [1.82, 2.24) is 4.98 Å². The minimum Gasteiger partial charge on any atom is -0.483 e. The van der Waals surface area contributed by atoms with E-state index in [1.165, 1.54) is 11.8 Å². The van der Waals surface area contributed by atoms with E-state index in [0.29, 0.717) is 22.5 Å². The minimum atomic E-state index is -0.257. The highest BCUT2D eigenvalue weighted by atomic mass is 79.9. The molecule has 4 nitrogen and oxygen atoms in total. The zero-order valence-corrected chi connectivity index (χ0v) is 15.3. The predicted octanol–water partition coefficient (Wildman–Crippen LogP) is 5.03. The molecule has 0 aliphatic heterocycles. The number of benzene rings is 1. The first-order chi connectivity index (χ1) is 11.0. The van der Waals surface area contributed by atoms with Gasteiger partial charge in [0.1, 0.15) is 10.9 Å². The van der Waals surface area contributed by atoms with Crippen LogP contribution < -0.4 is 10.1 Å². The maximum atomic E-state index is 11.9. The van der Waals surface area contributed by atoms with Crippen LogP contribution in [0.15, 0.2) is 41.0 Å². The van der Waals surface area contributed by atoms with E-state index in [2.05, 4.69) is 40.1 Å². The number of carbonyl (C=O) groups is 1. The summed E-state index contributed by atoms with van der Waals surface area (Å²) in [5.41, 5.74) is 1.82. The molecule has 1 aromatic heterocycles. The number of nitrogens with one attached hydrogen (secondary N) is 1. The Bertz CT molecular complexity index is 677. The van der Waals surface area contributed by atoms with Gasteiger partial charge < -0.3 is 10.1 Å².